The molecular weight excluding hydrogens is 619 g/mol. The van der Waals surface area contributed by atoms with Crippen LogP contribution in [0.15, 0.2) is 96.7 Å². The number of likely N-dealkylation sites (N-methyl/N-ethyl adjacent to an activating group) is 1. The van der Waals surface area contributed by atoms with Crippen molar-refractivity contribution in [2.45, 2.75) is 92.0 Å². The number of rotatable bonds is 8. The molecule has 0 fully saturated rings. The lowest BCUT2D eigenvalue weighted by molar-refractivity contribution is -0.403. The second-order valence-electron chi connectivity index (χ2n) is 14.6. The van der Waals surface area contributed by atoms with Crippen molar-refractivity contribution in [2.75, 3.05) is 45.9 Å². The van der Waals surface area contributed by atoms with Crippen molar-refractivity contribution in [3.8, 4) is 0 Å². The van der Waals surface area contributed by atoms with Crippen LogP contribution in [0, 0.1) is 0 Å². The molecule has 3 aliphatic rings. The number of hydrogen-bond donors (Lipinski definition) is 0. The van der Waals surface area contributed by atoms with E-state index in [1.807, 2.05) is 20.8 Å². The molecule has 0 atom stereocenters. The number of allylic oxidation sites excluding steroid dienone is 4. The van der Waals surface area contributed by atoms with Crippen molar-refractivity contribution < 1.29 is 23.4 Å². The average Bonchev–Trinajstić information content (AvgIpc) is 3.50. The highest BCUT2D eigenvalue weighted by Gasteiger charge is 2.43. The molecule has 6 nitrogen and oxygen atoms in total. The number of ether oxygens (including phenoxy) is 3. The molecule has 6 heteroatoms. The zero-order valence-electron chi connectivity index (χ0n) is 32.9. The van der Waals surface area contributed by atoms with Crippen molar-refractivity contribution in [1.82, 2.24) is 0 Å². The minimum absolute atomic E-state index is 0.0143. The molecule has 0 saturated heterocycles. The second-order valence-corrected chi connectivity index (χ2v) is 14.6. The van der Waals surface area contributed by atoms with Gasteiger partial charge in [-0.1, -0.05) is 74.5 Å². The predicted octanol–water partition coefficient (Wildman–Crippen LogP) is 9.65. The molecule has 0 amide bonds. The number of para-hydroxylation sites is 3. The van der Waals surface area contributed by atoms with Crippen molar-refractivity contribution in [3.05, 3.63) is 113 Å². The molecular formula is C44H61N3O3+2. The normalized spacial score (nSPS) is 18.6. The highest BCUT2D eigenvalue weighted by Crippen LogP contribution is 2.47. The zero-order valence-corrected chi connectivity index (χ0v) is 32.9. The van der Waals surface area contributed by atoms with Gasteiger partial charge in [0.15, 0.2) is 11.4 Å². The van der Waals surface area contributed by atoms with Gasteiger partial charge in [0, 0.05) is 79.9 Å². The molecule has 0 aliphatic carbocycles. The van der Waals surface area contributed by atoms with Gasteiger partial charge in [0.25, 0.3) is 6.48 Å². The van der Waals surface area contributed by atoms with Gasteiger partial charge in [0.05, 0.1) is 10.8 Å². The average molecular weight is 680 g/mol. The number of benzene rings is 3. The first-order valence-electron chi connectivity index (χ1n) is 18.1. The Morgan fingerprint density at radius 1 is 0.640 bits per heavy atom. The fraction of sp³-hybridized carbons (Fsp3) is 0.455. The molecule has 0 spiro atoms. The smallest absolute Gasteiger partial charge is 0.271 e. The van der Waals surface area contributed by atoms with E-state index in [0.717, 1.165) is 0 Å². The van der Waals surface area contributed by atoms with E-state index in [2.05, 4.69) is 175 Å². The fourth-order valence-corrected chi connectivity index (χ4v) is 7.48. The number of anilines is 1. The third-order valence-corrected chi connectivity index (χ3v) is 10.6. The van der Waals surface area contributed by atoms with Crippen LogP contribution >= 0.6 is 0 Å². The molecule has 0 aromatic heterocycles. The maximum absolute atomic E-state index is 5.08. The molecule has 3 aromatic carbocycles. The highest BCUT2D eigenvalue weighted by atomic mass is 16.8. The van der Waals surface area contributed by atoms with Crippen molar-refractivity contribution in [2.24, 2.45) is 0 Å². The quantitative estimate of drug-likeness (QED) is 0.176. The Morgan fingerprint density at radius 3 is 1.58 bits per heavy atom. The van der Waals surface area contributed by atoms with Crippen LogP contribution in [0.1, 0.15) is 85.9 Å². The van der Waals surface area contributed by atoms with Gasteiger partial charge in [0.1, 0.15) is 14.1 Å². The highest BCUT2D eigenvalue weighted by molar-refractivity contribution is 6.03. The van der Waals surface area contributed by atoms with Gasteiger partial charge in [-0.3, -0.25) is 0 Å². The van der Waals surface area contributed by atoms with Crippen LogP contribution in [0.2, 0.25) is 0 Å². The Bertz CT molecular complexity index is 1760. The first kappa shape index (κ1) is 39.0. The summed E-state index contributed by atoms with van der Waals surface area (Å²) in [5, 5.41) is 0. The molecule has 0 N–H and O–H groups in total. The van der Waals surface area contributed by atoms with Crippen LogP contribution in [0.5, 0.6) is 0 Å². The van der Waals surface area contributed by atoms with E-state index < -0.39 is 6.48 Å². The summed E-state index contributed by atoms with van der Waals surface area (Å²) in [7, 11) is 6.48. The zero-order chi connectivity index (χ0) is 36.9. The Labute approximate surface area is 302 Å². The first-order chi connectivity index (χ1) is 23.7. The van der Waals surface area contributed by atoms with E-state index in [0.29, 0.717) is 19.8 Å². The number of nitrogens with zero attached hydrogens (tertiary/aromatic N) is 3. The van der Waals surface area contributed by atoms with Crippen molar-refractivity contribution in [1.29, 1.82) is 0 Å². The summed E-state index contributed by atoms with van der Waals surface area (Å²) in [4.78, 5) is 2.32. The summed E-state index contributed by atoms with van der Waals surface area (Å²) in [6.07, 6.45) is 6.78. The molecule has 3 aliphatic heterocycles. The van der Waals surface area contributed by atoms with E-state index in [1.54, 1.807) is 0 Å². The molecule has 0 bridgehead atoms. The SMILES string of the molecule is CC1=[N+](C)c2ccccc2C1(C)C.CCOC(OCC)OCC.CN1/C(=C\C=C\C2=[N+](C)c3ccccc3C2(C)C)C(C)(C)c2ccccc21. The molecule has 0 radical (unpaired) electrons. The Morgan fingerprint density at radius 2 is 1.10 bits per heavy atom. The predicted molar refractivity (Wildman–Crippen MR) is 210 cm³/mol. The monoisotopic (exact) mass is 679 g/mol. The second kappa shape index (κ2) is 16.0. The summed E-state index contributed by atoms with van der Waals surface area (Å²) in [5.41, 5.74) is 12.5. The van der Waals surface area contributed by atoms with E-state index in [4.69, 9.17) is 14.2 Å². The standard InChI is InChI=1S/C25H29N2.C12H16N.C7H16O3/c1-24(2)18-12-7-9-14-20(18)26(5)22(24)16-11-17-23-25(3,4)19-13-8-10-15-21(19)27(23)6;1-9-12(2,3)10-7-5-6-8-11(10)13(9)4;1-4-8-7(9-5-2)10-6-3/h7-17H,1-6H3;5-8H,1-4H3;7H,4-6H2,1-3H3/q2*+1;. The molecule has 0 unspecified atom stereocenters. The van der Waals surface area contributed by atoms with Gasteiger partial charge >= 0.3 is 0 Å². The minimum Gasteiger partial charge on any atom is -0.347 e. The third-order valence-electron chi connectivity index (χ3n) is 10.6. The van der Waals surface area contributed by atoms with Crippen molar-refractivity contribution in [3.63, 3.8) is 0 Å². The third kappa shape index (κ3) is 7.58. The molecule has 50 heavy (non-hydrogen) atoms. The van der Waals surface area contributed by atoms with Crippen LogP contribution in [-0.4, -0.2) is 68.0 Å². The minimum atomic E-state index is -0.472. The number of hydrogen-bond acceptors (Lipinski definition) is 4. The summed E-state index contributed by atoms with van der Waals surface area (Å²) < 4.78 is 19.8. The maximum atomic E-state index is 5.08. The van der Waals surface area contributed by atoms with E-state index in [-0.39, 0.29) is 16.2 Å². The van der Waals surface area contributed by atoms with Gasteiger partial charge in [-0.25, -0.2) is 4.58 Å². The lowest BCUT2D eigenvalue weighted by atomic mass is 9.81. The van der Waals surface area contributed by atoms with Gasteiger partial charge < -0.3 is 19.1 Å². The van der Waals surface area contributed by atoms with Gasteiger partial charge in [0.2, 0.25) is 11.4 Å². The van der Waals surface area contributed by atoms with Crippen LogP contribution < -0.4 is 4.90 Å². The summed E-state index contributed by atoms with van der Waals surface area (Å²) in [6, 6.07) is 26.0. The molecule has 268 valence electrons. The van der Waals surface area contributed by atoms with Crippen molar-refractivity contribution >= 4 is 28.5 Å². The fourth-order valence-electron chi connectivity index (χ4n) is 7.48. The topological polar surface area (TPSA) is 36.9 Å². The maximum Gasteiger partial charge on any atom is 0.271 e. The van der Waals surface area contributed by atoms with Crippen LogP contribution in [0.25, 0.3) is 0 Å². The van der Waals surface area contributed by atoms with E-state index in [9.17, 15) is 0 Å². The van der Waals surface area contributed by atoms with E-state index >= 15 is 0 Å². The van der Waals surface area contributed by atoms with Crippen LogP contribution in [-0.2, 0) is 30.5 Å². The molecule has 3 aromatic rings. The lowest BCUT2D eigenvalue weighted by Crippen LogP contribution is -2.26. The Kier molecular flexibility index (Phi) is 12.5. The molecule has 6 rings (SSSR count). The van der Waals surface area contributed by atoms with Crippen LogP contribution in [0.3, 0.4) is 0 Å². The number of fused-ring (bicyclic) bond motifs is 3. The largest absolute Gasteiger partial charge is 0.347 e. The summed E-state index contributed by atoms with van der Waals surface area (Å²) >= 11 is 0. The Balaban J connectivity index is 0.000000202. The van der Waals surface area contributed by atoms with Gasteiger partial charge in [-0.05, 0) is 66.2 Å². The molecule has 0 saturated carbocycles. The van der Waals surface area contributed by atoms with Gasteiger partial charge in [-0.2, -0.15) is 4.58 Å². The van der Waals surface area contributed by atoms with Gasteiger partial charge in [-0.15, -0.1) is 0 Å². The lowest BCUT2D eigenvalue weighted by Gasteiger charge is -2.23. The first-order valence-corrected chi connectivity index (χ1v) is 18.1. The summed E-state index contributed by atoms with van der Waals surface area (Å²) in [6.45, 7) is 23.1. The Hall–Kier alpha value is -3.84. The molecule has 3 heterocycles. The summed E-state index contributed by atoms with van der Waals surface area (Å²) in [5.74, 6) is 0. The van der Waals surface area contributed by atoms with Crippen LogP contribution in [0.4, 0.5) is 17.1 Å². The van der Waals surface area contributed by atoms with E-state index in [1.165, 1.54) is 50.9 Å².